The van der Waals surface area contributed by atoms with Crippen molar-refractivity contribution in [2.75, 3.05) is 18.4 Å². The van der Waals surface area contributed by atoms with Gasteiger partial charge in [0.2, 0.25) is 5.91 Å². The maximum absolute atomic E-state index is 11.9. The Labute approximate surface area is 150 Å². The average Bonchev–Trinajstić information content (AvgIpc) is 2.96. The number of rotatable bonds is 6. The number of carbonyl (C=O) groups excluding carboxylic acids is 1. The van der Waals surface area contributed by atoms with Crippen molar-refractivity contribution in [2.45, 2.75) is 6.42 Å². The quantitative estimate of drug-likeness (QED) is 0.614. The predicted molar refractivity (Wildman–Crippen MR) is 100.0 cm³/mol. The van der Waals surface area contributed by atoms with E-state index in [9.17, 15) is 4.79 Å². The second kappa shape index (κ2) is 7.60. The van der Waals surface area contributed by atoms with Crippen LogP contribution in [0.2, 0.25) is 10.0 Å². The zero-order valence-electron chi connectivity index (χ0n) is 12.9. The Bertz CT molecular complexity index is 840. The Balaban J connectivity index is 1.47. The van der Waals surface area contributed by atoms with Gasteiger partial charge >= 0.3 is 0 Å². The molecule has 1 amide bonds. The normalized spacial score (nSPS) is 10.8. The molecule has 3 N–H and O–H groups in total. The highest BCUT2D eigenvalue weighted by atomic mass is 35.5. The lowest BCUT2D eigenvalue weighted by Crippen LogP contribution is -2.31. The number of hydrogen-bond donors (Lipinski definition) is 3. The van der Waals surface area contributed by atoms with Gasteiger partial charge in [0.05, 0.1) is 6.54 Å². The van der Waals surface area contributed by atoms with E-state index >= 15 is 0 Å². The summed E-state index contributed by atoms with van der Waals surface area (Å²) < 4.78 is 0. The third-order valence-corrected chi connectivity index (χ3v) is 4.14. The van der Waals surface area contributed by atoms with Gasteiger partial charge in [-0.05, 0) is 36.2 Å². The molecule has 0 unspecified atom stereocenters. The zero-order valence-corrected chi connectivity index (χ0v) is 14.4. The molecule has 0 saturated heterocycles. The van der Waals surface area contributed by atoms with Gasteiger partial charge in [-0.2, -0.15) is 0 Å². The molecule has 24 heavy (non-hydrogen) atoms. The molecule has 0 bridgehead atoms. The van der Waals surface area contributed by atoms with E-state index in [1.54, 1.807) is 18.2 Å². The molecule has 3 aromatic rings. The third kappa shape index (κ3) is 4.22. The average molecular weight is 362 g/mol. The highest BCUT2D eigenvalue weighted by Gasteiger charge is 2.05. The van der Waals surface area contributed by atoms with Gasteiger partial charge in [-0.15, -0.1) is 0 Å². The Kier molecular flexibility index (Phi) is 5.28. The van der Waals surface area contributed by atoms with Gasteiger partial charge in [0.15, 0.2) is 0 Å². The van der Waals surface area contributed by atoms with E-state index in [1.807, 2.05) is 24.4 Å². The van der Waals surface area contributed by atoms with Crippen LogP contribution < -0.4 is 10.6 Å². The largest absolute Gasteiger partial charge is 0.376 e. The highest BCUT2D eigenvalue weighted by molar-refractivity contribution is 6.35. The third-order valence-electron chi connectivity index (χ3n) is 3.71. The molecule has 0 atom stereocenters. The molecule has 2 aromatic carbocycles. The Hall–Kier alpha value is -2.17. The topological polar surface area (TPSA) is 56.9 Å². The molecule has 0 aliphatic carbocycles. The number of H-pyrrole nitrogens is 1. The maximum Gasteiger partial charge on any atom is 0.239 e. The summed E-state index contributed by atoms with van der Waals surface area (Å²) in [6.45, 7) is 0.753. The van der Waals surface area contributed by atoms with Crippen LogP contribution in [-0.2, 0) is 11.2 Å². The fraction of sp³-hybridized carbons (Fsp3) is 0.167. The van der Waals surface area contributed by atoms with E-state index in [2.05, 4.69) is 21.7 Å². The Morgan fingerprint density at radius 2 is 1.83 bits per heavy atom. The first-order valence-electron chi connectivity index (χ1n) is 7.63. The first-order chi connectivity index (χ1) is 11.6. The zero-order chi connectivity index (χ0) is 16.9. The number of halogens is 2. The number of hydrogen-bond acceptors (Lipinski definition) is 2. The van der Waals surface area contributed by atoms with Crippen LogP contribution in [0.25, 0.3) is 10.9 Å². The van der Waals surface area contributed by atoms with Gasteiger partial charge in [-0.1, -0.05) is 41.4 Å². The number of nitrogens with one attached hydrogen (secondary N) is 3. The van der Waals surface area contributed by atoms with Crippen LogP contribution in [0.4, 0.5) is 5.69 Å². The van der Waals surface area contributed by atoms with Crippen LogP contribution in [0.5, 0.6) is 0 Å². The van der Waals surface area contributed by atoms with Crippen molar-refractivity contribution < 1.29 is 4.79 Å². The molecule has 3 rings (SSSR count). The van der Waals surface area contributed by atoms with Crippen molar-refractivity contribution in [2.24, 2.45) is 0 Å². The fourth-order valence-corrected chi connectivity index (χ4v) is 3.10. The summed E-state index contributed by atoms with van der Waals surface area (Å²) in [7, 11) is 0. The van der Waals surface area contributed by atoms with E-state index in [4.69, 9.17) is 23.2 Å². The number of fused-ring (bicyclic) bond motifs is 1. The summed E-state index contributed by atoms with van der Waals surface area (Å²) in [5.41, 5.74) is 3.03. The van der Waals surface area contributed by atoms with Crippen LogP contribution in [0.15, 0.2) is 48.7 Å². The lowest BCUT2D eigenvalue weighted by molar-refractivity contribution is -0.119. The molecule has 0 spiro atoms. The Morgan fingerprint density at radius 1 is 1.08 bits per heavy atom. The number of amides is 1. The van der Waals surface area contributed by atoms with Gasteiger partial charge in [0, 0.05) is 39.4 Å². The molecule has 0 aliphatic rings. The molecule has 0 aliphatic heterocycles. The number of anilines is 1. The molecule has 0 saturated carbocycles. The lowest BCUT2D eigenvalue weighted by atomic mass is 10.1. The predicted octanol–water partition coefficient (Wildman–Crippen LogP) is 4.25. The molecule has 4 nitrogen and oxygen atoms in total. The number of para-hydroxylation sites is 1. The van der Waals surface area contributed by atoms with Crippen molar-refractivity contribution in [1.29, 1.82) is 0 Å². The molecule has 1 heterocycles. The van der Waals surface area contributed by atoms with Crippen molar-refractivity contribution in [3.8, 4) is 0 Å². The standard InChI is InChI=1S/C18H17Cl2N3O/c19-13-7-14(20)9-15(8-13)22-11-18(24)21-6-5-12-10-23-17-4-2-1-3-16(12)17/h1-4,7-10,22-23H,5-6,11H2,(H,21,24). The van der Waals surface area contributed by atoms with Crippen LogP contribution in [0, 0.1) is 0 Å². The van der Waals surface area contributed by atoms with E-state index < -0.39 is 0 Å². The van der Waals surface area contributed by atoms with Crippen LogP contribution in [-0.4, -0.2) is 24.0 Å². The van der Waals surface area contributed by atoms with Gasteiger partial charge < -0.3 is 15.6 Å². The molecular weight excluding hydrogens is 345 g/mol. The number of carbonyl (C=O) groups is 1. The molecule has 6 heteroatoms. The SMILES string of the molecule is O=C(CNc1cc(Cl)cc(Cl)c1)NCCc1c[nH]c2ccccc12. The van der Waals surface area contributed by atoms with E-state index in [-0.39, 0.29) is 12.5 Å². The van der Waals surface area contributed by atoms with Crippen molar-refractivity contribution in [1.82, 2.24) is 10.3 Å². The van der Waals surface area contributed by atoms with Gasteiger partial charge in [0.25, 0.3) is 0 Å². The van der Waals surface area contributed by atoms with Gasteiger partial charge in [-0.3, -0.25) is 4.79 Å². The number of aromatic amines is 1. The summed E-state index contributed by atoms with van der Waals surface area (Å²) >= 11 is 11.9. The van der Waals surface area contributed by atoms with E-state index in [0.717, 1.165) is 17.6 Å². The first kappa shape index (κ1) is 16.7. The Morgan fingerprint density at radius 3 is 2.62 bits per heavy atom. The minimum absolute atomic E-state index is 0.0778. The fourth-order valence-electron chi connectivity index (χ4n) is 2.58. The second-order valence-electron chi connectivity index (χ2n) is 5.47. The van der Waals surface area contributed by atoms with Gasteiger partial charge in [0.1, 0.15) is 0 Å². The summed E-state index contributed by atoms with van der Waals surface area (Å²) in [6, 6.07) is 13.2. The highest BCUT2D eigenvalue weighted by Crippen LogP contribution is 2.22. The smallest absolute Gasteiger partial charge is 0.239 e. The van der Waals surface area contributed by atoms with Crippen LogP contribution in [0.1, 0.15) is 5.56 Å². The minimum Gasteiger partial charge on any atom is -0.376 e. The van der Waals surface area contributed by atoms with Crippen LogP contribution in [0.3, 0.4) is 0 Å². The second-order valence-corrected chi connectivity index (χ2v) is 6.34. The van der Waals surface area contributed by atoms with Crippen molar-refractivity contribution >= 4 is 45.7 Å². The molecule has 1 aromatic heterocycles. The summed E-state index contributed by atoms with van der Waals surface area (Å²) in [4.78, 5) is 15.2. The summed E-state index contributed by atoms with van der Waals surface area (Å²) in [5.74, 6) is -0.0778. The van der Waals surface area contributed by atoms with Gasteiger partial charge in [-0.25, -0.2) is 0 Å². The van der Waals surface area contributed by atoms with E-state index in [0.29, 0.717) is 16.6 Å². The summed E-state index contributed by atoms with van der Waals surface area (Å²) in [5, 5.41) is 8.17. The maximum atomic E-state index is 11.9. The lowest BCUT2D eigenvalue weighted by Gasteiger charge is -2.08. The van der Waals surface area contributed by atoms with Crippen molar-refractivity contribution in [3.63, 3.8) is 0 Å². The van der Waals surface area contributed by atoms with Crippen molar-refractivity contribution in [3.05, 3.63) is 64.3 Å². The first-order valence-corrected chi connectivity index (χ1v) is 8.39. The van der Waals surface area contributed by atoms with Crippen LogP contribution >= 0.6 is 23.2 Å². The molecule has 0 radical (unpaired) electrons. The number of aromatic nitrogens is 1. The molecular formula is C18H17Cl2N3O. The monoisotopic (exact) mass is 361 g/mol. The van der Waals surface area contributed by atoms with E-state index in [1.165, 1.54) is 10.9 Å². The number of benzene rings is 2. The summed E-state index contributed by atoms with van der Waals surface area (Å²) in [6.07, 6.45) is 2.77. The molecule has 0 fully saturated rings. The minimum atomic E-state index is -0.0778. The molecule has 124 valence electrons.